The van der Waals surface area contributed by atoms with Crippen LogP contribution < -0.4 is 5.32 Å². The Bertz CT molecular complexity index is 831. The Labute approximate surface area is 168 Å². The summed E-state index contributed by atoms with van der Waals surface area (Å²) in [6.45, 7) is 5.70. The van der Waals surface area contributed by atoms with Crippen LogP contribution in [0.1, 0.15) is 20.8 Å². The largest absolute Gasteiger partial charge is 0.350 e. The summed E-state index contributed by atoms with van der Waals surface area (Å²) in [5, 5.41) is 12.3. The number of hydrogen-bond donors (Lipinski definition) is 1. The fourth-order valence-corrected chi connectivity index (χ4v) is 3.39. The van der Waals surface area contributed by atoms with Gasteiger partial charge in [-0.1, -0.05) is 35.5 Å². The average molecular weight is 410 g/mol. The molecule has 0 saturated carbocycles. The smallest absolute Gasteiger partial charge is 0.240 e. The van der Waals surface area contributed by atoms with Crippen LogP contribution in [0.3, 0.4) is 0 Å². The number of thioether (sulfide) groups is 1. The lowest BCUT2D eigenvalue weighted by Crippen LogP contribution is -2.46. The van der Waals surface area contributed by atoms with E-state index in [1.165, 1.54) is 16.7 Å². The molecule has 27 heavy (non-hydrogen) atoms. The van der Waals surface area contributed by atoms with Crippen LogP contribution in [0.25, 0.3) is 11.4 Å². The molecule has 0 aliphatic heterocycles. The van der Waals surface area contributed by atoms with Crippen LogP contribution in [0.2, 0.25) is 5.02 Å². The fourth-order valence-electron chi connectivity index (χ4n) is 2.32. The number of likely N-dealkylation sites (N-methyl/N-ethyl adjacent to an activating group) is 1. The summed E-state index contributed by atoms with van der Waals surface area (Å²) in [6.07, 6.45) is 0. The maximum absolute atomic E-state index is 12.3. The number of carbonyl (C=O) groups is 2. The Hall–Kier alpha value is -2.06. The molecule has 2 aromatic rings. The van der Waals surface area contributed by atoms with Gasteiger partial charge in [-0.2, -0.15) is 0 Å². The minimum absolute atomic E-state index is 0.0142. The average Bonchev–Trinajstić information content (AvgIpc) is 2.92. The lowest BCUT2D eigenvalue weighted by Gasteiger charge is -2.23. The highest BCUT2D eigenvalue weighted by Gasteiger charge is 2.19. The number of nitrogens with one attached hydrogen (secondary N) is 1. The molecule has 2 rings (SSSR count). The third-order valence-electron chi connectivity index (χ3n) is 3.60. The molecule has 0 bridgehead atoms. The minimum atomic E-state index is -0.330. The molecule has 0 spiro atoms. The Balaban J connectivity index is 1.96. The second-order valence-corrected chi connectivity index (χ2v) is 8.53. The van der Waals surface area contributed by atoms with Gasteiger partial charge < -0.3 is 14.8 Å². The predicted octanol–water partition coefficient (Wildman–Crippen LogP) is 2.60. The van der Waals surface area contributed by atoms with E-state index >= 15 is 0 Å². The van der Waals surface area contributed by atoms with E-state index in [1.54, 1.807) is 17.7 Å². The first kappa shape index (κ1) is 21.2. The van der Waals surface area contributed by atoms with E-state index in [4.69, 9.17) is 11.6 Å². The molecule has 7 nitrogen and oxygen atoms in total. The van der Waals surface area contributed by atoms with Crippen molar-refractivity contribution < 1.29 is 9.59 Å². The van der Waals surface area contributed by atoms with Gasteiger partial charge in [-0.15, -0.1) is 10.2 Å². The maximum Gasteiger partial charge on any atom is 0.240 e. The van der Waals surface area contributed by atoms with Crippen LogP contribution in [-0.2, 0) is 16.6 Å². The van der Waals surface area contributed by atoms with Crippen LogP contribution in [0.15, 0.2) is 29.4 Å². The van der Waals surface area contributed by atoms with Gasteiger partial charge in [-0.25, -0.2) is 0 Å². The molecule has 0 radical (unpaired) electrons. The maximum atomic E-state index is 12.3. The minimum Gasteiger partial charge on any atom is -0.350 e. The first-order valence-corrected chi connectivity index (χ1v) is 9.77. The zero-order valence-corrected chi connectivity index (χ0v) is 17.7. The molecule has 146 valence electrons. The van der Waals surface area contributed by atoms with Gasteiger partial charge >= 0.3 is 0 Å². The highest BCUT2D eigenvalue weighted by Crippen LogP contribution is 2.28. The number of aromatic nitrogens is 3. The van der Waals surface area contributed by atoms with E-state index in [-0.39, 0.29) is 29.7 Å². The SMILES string of the molecule is CN(CC(=O)NC(C)(C)C)C(=O)CSc1nnc(-c2ccccc2Cl)n1C. The summed E-state index contributed by atoms with van der Waals surface area (Å²) in [5.41, 5.74) is 0.451. The van der Waals surface area contributed by atoms with Crippen molar-refractivity contribution in [3.8, 4) is 11.4 Å². The van der Waals surface area contributed by atoms with E-state index in [0.717, 1.165) is 5.56 Å². The van der Waals surface area contributed by atoms with Gasteiger partial charge in [0, 0.05) is 25.2 Å². The molecular weight excluding hydrogens is 386 g/mol. The third kappa shape index (κ3) is 5.97. The van der Waals surface area contributed by atoms with Crippen molar-refractivity contribution in [2.45, 2.75) is 31.5 Å². The van der Waals surface area contributed by atoms with Crippen LogP contribution >= 0.6 is 23.4 Å². The van der Waals surface area contributed by atoms with Crippen molar-refractivity contribution in [2.75, 3.05) is 19.3 Å². The zero-order valence-electron chi connectivity index (χ0n) is 16.1. The van der Waals surface area contributed by atoms with Crippen molar-refractivity contribution in [2.24, 2.45) is 7.05 Å². The first-order valence-electron chi connectivity index (χ1n) is 8.40. The van der Waals surface area contributed by atoms with Crippen molar-refractivity contribution in [1.82, 2.24) is 25.0 Å². The molecule has 0 atom stereocenters. The van der Waals surface area contributed by atoms with Crippen LogP contribution in [0.5, 0.6) is 0 Å². The molecule has 0 aliphatic rings. The molecule has 0 fully saturated rings. The molecule has 9 heteroatoms. The quantitative estimate of drug-likeness (QED) is 0.742. The van der Waals surface area contributed by atoms with E-state index in [2.05, 4.69) is 15.5 Å². The monoisotopic (exact) mass is 409 g/mol. The lowest BCUT2D eigenvalue weighted by atomic mass is 10.1. The number of halogens is 1. The van der Waals surface area contributed by atoms with Gasteiger partial charge in [-0.3, -0.25) is 9.59 Å². The van der Waals surface area contributed by atoms with Crippen LogP contribution in [0, 0.1) is 0 Å². The van der Waals surface area contributed by atoms with Gasteiger partial charge in [0.2, 0.25) is 11.8 Å². The first-order chi connectivity index (χ1) is 12.6. The van der Waals surface area contributed by atoms with E-state index in [1.807, 2.05) is 46.0 Å². The molecular formula is C18H24ClN5O2S. The molecule has 0 saturated heterocycles. The van der Waals surface area contributed by atoms with Crippen molar-refractivity contribution in [3.05, 3.63) is 29.3 Å². The number of carbonyl (C=O) groups excluding carboxylic acids is 2. The molecule has 1 N–H and O–H groups in total. The van der Waals surface area contributed by atoms with Gasteiger partial charge in [0.25, 0.3) is 0 Å². The summed E-state index contributed by atoms with van der Waals surface area (Å²) in [7, 11) is 3.43. The predicted molar refractivity (Wildman–Crippen MR) is 108 cm³/mol. The molecule has 2 amide bonds. The summed E-state index contributed by atoms with van der Waals surface area (Å²) < 4.78 is 1.80. The van der Waals surface area contributed by atoms with Crippen LogP contribution in [-0.4, -0.2) is 56.4 Å². The Morgan fingerprint density at radius 2 is 1.93 bits per heavy atom. The summed E-state index contributed by atoms with van der Waals surface area (Å²) >= 11 is 7.49. The van der Waals surface area contributed by atoms with E-state index < -0.39 is 0 Å². The Morgan fingerprint density at radius 1 is 1.26 bits per heavy atom. The normalized spacial score (nSPS) is 11.3. The van der Waals surface area contributed by atoms with E-state index in [9.17, 15) is 9.59 Å². The summed E-state index contributed by atoms with van der Waals surface area (Å²) in [5.74, 6) is 0.441. The topological polar surface area (TPSA) is 80.1 Å². The Morgan fingerprint density at radius 3 is 2.56 bits per heavy atom. The molecule has 1 heterocycles. The van der Waals surface area contributed by atoms with E-state index in [0.29, 0.717) is 16.0 Å². The van der Waals surface area contributed by atoms with Crippen LogP contribution in [0.4, 0.5) is 0 Å². The molecule has 0 aliphatic carbocycles. The number of benzene rings is 1. The van der Waals surface area contributed by atoms with Gasteiger partial charge in [-0.05, 0) is 32.9 Å². The molecule has 0 unspecified atom stereocenters. The highest BCUT2D eigenvalue weighted by molar-refractivity contribution is 7.99. The van der Waals surface area contributed by atoms with Crippen molar-refractivity contribution >= 4 is 35.2 Å². The fraction of sp³-hybridized carbons (Fsp3) is 0.444. The summed E-state index contributed by atoms with van der Waals surface area (Å²) in [4.78, 5) is 25.7. The van der Waals surface area contributed by atoms with Gasteiger partial charge in [0.1, 0.15) is 0 Å². The second kappa shape index (κ2) is 8.75. The molecule has 1 aromatic heterocycles. The number of amides is 2. The number of rotatable bonds is 6. The third-order valence-corrected chi connectivity index (χ3v) is 4.93. The number of hydrogen-bond acceptors (Lipinski definition) is 5. The zero-order chi connectivity index (χ0) is 20.2. The van der Waals surface area contributed by atoms with Crippen molar-refractivity contribution in [3.63, 3.8) is 0 Å². The van der Waals surface area contributed by atoms with Gasteiger partial charge in [0.05, 0.1) is 17.3 Å². The highest BCUT2D eigenvalue weighted by atomic mass is 35.5. The lowest BCUT2D eigenvalue weighted by molar-refractivity contribution is -0.133. The Kier molecular flexibility index (Phi) is 6.89. The molecule has 1 aromatic carbocycles. The summed E-state index contributed by atoms with van der Waals surface area (Å²) in [6, 6.07) is 7.39. The number of nitrogens with zero attached hydrogens (tertiary/aromatic N) is 4. The second-order valence-electron chi connectivity index (χ2n) is 7.18. The standard InChI is InChI=1S/C18H24ClN5O2S/c1-18(2,3)20-14(25)10-23(4)15(26)11-27-17-22-21-16(24(17)5)12-8-6-7-9-13(12)19/h6-9H,10-11H2,1-5H3,(H,20,25). The van der Waals surface area contributed by atoms with Gasteiger partial charge in [0.15, 0.2) is 11.0 Å². The van der Waals surface area contributed by atoms with Crippen molar-refractivity contribution in [1.29, 1.82) is 0 Å².